The van der Waals surface area contributed by atoms with E-state index in [0.29, 0.717) is 11.3 Å². The number of nitrogens with one attached hydrogen (secondary N) is 2. The molecular weight excluding hydrogens is 262 g/mol. The molecule has 0 aliphatic carbocycles. The Kier molecular flexibility index (Phi) is 4.94. The highest BCUT2D eigenvalue weighted by Crippen LogP contribution is 2.15. The van der Waals surface area contributed by atoms with Crippen LogP contribution in [0, 0.1) is 11.3 Å². The normalized spacial score (nSPS) is 9.71. The first-order valence-electron chi connectivity index (χ1n) is 6.84. The minimum Gasteiger partial charge on any atom is -0.376 e. The number of aryl methyl sites for hydroxylation is 1. The number of hydrogen-bond donors (Lipinski definition) is 2. The quantitative estimate of drug-likeness (QED) is 0.883. The molecule has 0 atom stereocenters. The van der Waals surface area contributed by atoms with Gasteiger partial charge >= 0.3 is 0 Å². The molecule has 0 unspecified atom stereocenters. The standard InChI is InChI=1S/C17H17N3O/c1-2-14-5-3-4-6-16(14)19-12-17(21)20-15-9-7-13(11-18)8-10-15/h3-10,19H,2,12H2,1H3,(H,20,21). The van der Waals surface area contributed by atoms with E-state index in [0.717, 1.165) is 12.1 Å². The molecule has 0 aliphatic rings. The van der Waals surface area contributed by atoms with E-state index in [1.165, 1.54) is 5.56 Å². The Hall–Kier alpha value is -2.80. The van der Waals surface area contributed by atoms with Crippen molar-refractivity contribution in [3.63, 3.8) is 0 Å². The lowest BCUT2D eigenvalue weighted by atomic mass is 10.1. The number of rotatable bonds is 5. The summed E-state index contributed by atoms with van der Waals surface area (Å²) in [5.41, 5.74) is 3.42. The smallest absolute Gasteiger partial charge is 0.243 e. The minimum absolute atomic E-state index is 0.120. The summed E-state index contributed by atoms with van der Waals surface area (Å²) in [6.07, 6.45) is 0.917. The molecule has 0 heterocycles. The molecule has 4 nitrogen and oxygen atoms in total. The molecule has 0 fully saturated rings. The fourth-order valence-corrected chi connectivity index (χ4v) is 2.01. The minimum atomic E-state index is -0.120. The van der Waals surface area contributed by atoms with Gasteiger partial charge in [0.1, 0.15) is 0 Å². The molecule has 0 saturated carbocycles. The molecule has 2 aromatic rings. The highest BCUT2D eigenvalue weighted by atomic mass is 16.1. The number of anilines is 2. The van der Waals surface area contributed by atoms with Crippen molar-refractivity contribution >= 4 is 17.3 Å². The van der Waals surface area contributed by atoms with E-state index in [-0.39, 0.29) is 12.5 Å². The second-order valence-electron chi connectivity index (χ2n) is 4.60. The van der Waals surface area contributed by atoms with Crippen LogP contribution in [0.1, 0.15) is 18.1 Å². The van der Waals surface area contributed by atoms with Crippen molar-refractivity contribution in [3.05, 3.63) is 59.7 Å². The van der Waals surface area contributed by atoms with E-state index in [4.69, 9.17) is 5.26 Å². The number of carbonyl (C=O) groups excluding carboxylic acids is 1. The SMILES string of the molecule is CCc1ccccc1NCC(=O)Nc1ccc(C#N)cc1. The number of amides is 1. The summed E-state index contributed by atoms with van der Waals surface area (Å²) < 4.78 is 0. The molecule has 0 aliphatic heterocycles. The lowest BCUT2D eigenvalue weighted by molar-refractivity contribution is -0.114. The van der Waals surface area contributed by atoms with Crippen LogP contribution < -0.4 is 10.6 Å². The van der Waals surface area contributed by atoms with E-state index >= 15 is 0 Å². The summed E-state index contributed by atoms with van der Waals surface area (Å²) in [5, 5.41) is 14.7. The first-order chi connectivity index (χ1) is 10.2. The third-order valence-electron chi connectivity index (χ3n) is 3.14. The Balaban J connectivity index is 1.91. The second-order valence-corrected chi connectivity index (χ2v) is 4.60. The van der Waals surface area contributed by atoms with Gasteiger partial charge in [0.2, 0.25) is 5.91 Å². The van der Waals surface area contributed by atoms with Gasteiger partial charge in [0.25, 0.3) is 0 Å². The summed E-state index contributed by atoms with van der Waals surface area (Å²) >= 11 is 0. The predicted octanol–water partition coefficient (Wildman–Crippen LogP) is 3.17. The molecule has 4 heteroatoms. The topological polar surface area (TPSA) is 64.9 Å². The van der Waals surface area contributed by atoms with Gasteiger partial charge in [-0.1, -0.05) is 25.1 Å². The fourth-order valence-electron chi connectivity index (χ4n) is 2.01. The van der Waals surface area contributed by atoms with Crippen molar-refractivity contribution < 1.29 is 4.79 Å². The predicted molar refractivity (Wildman–Crippen MR) is 84.1 cm³/mol. The molecule has 0 spiro atoms. The fraction of sp³-hybridized carbons (Fsp3) is 0.176. The van der Waals surface area contributed by atoms with Crippen molar-refractivity contribution in [1.29, 1.82) is 5.26 Å². The zero-order valence-corrected chi connectivity index (χ0v) is 11.9. The van der Waals surface area contributed by atoms with Crippen molar-refractivity contribution in [2.75, 3.05) is 17.2 Å². The van der Waals surface area contributed by atoms with Gasteiger partial charge in [-0.15, -0.1) is 0 Å². The lowest BCUT2D eigenvalue weighted by Gasteiger charge is -2.11. The Labute approximate surface area is 124 Å². The highest BCUT2D eigenvalue weighted by Gasteiger charge is 2.04. The molecule has 2 N–H and O–H groups in total. The molecule has 0 saturated heterocycles. The molecular formula is C17H17N3O. The van der Waals surface area contributed by atoms with Gasteiger partial charge in [-0.2, -0.15) is 5.26 Å². The summed E-state index contributed by atoms with van der Waals surface area (Å²) in [6, 6.07) is 16.8. The number of nitrogens with zero attached hydrogens (tertiary/aromatic N) is 1. The first-order valence-corrected chi connectivity index (χ1v) is 6.84. The monoisotopic (exact) mass is 279 g/mol. The zero-order valence-electron chi connectivity index (χ0n) is 11.9. The maximum atomic E-state index is 11.9. The van der Waals surface area contributed by atoms with Crippen LogP contribution in [0.3, 0.4) is 0 Å². The maximum absolute atomic E-state index is 11.9. The Morgan fingerprint density at radius 1 is 1.14 bits per heavy atom. The van der Waals surface area contributed by atoms with Gasteiger partial charge in [-0.3, -0.25) is 4.79 Å². The van der Waals surface area contributed by atoms with Crippen LogP contribution in [0.25, 0.3) is 0 Å². The third-order valence-corrected chi connectivity index (χ3v) is 3.14. The van der Waals surface area contributed by atoms with Crippen LogP contribution in [0.15, 0.2) is 48.5 Å². The average Bonchev–Trinajstić information content (AvgIpc) is 2.54. The molecule has 0 radical (unpaired) electrons. The van der Waals surface area contributed by atoms with Crippen molar-refractivity contribution in [2.45, 2.75) is 13.3 Å². The average molecular weight is 279 g/mol. The summed E-state index contributed by atoms with van der Waals surface area (Å²) in [6.45, 7) is 2.29. The van der Waals surface area contributed by atoms with E-state index in [1.54, 1.807) is 24.3 Å². The lowest BCUT2D eigenvalue weighted by Crippen LogP contribution is -2.22. The van der Waals surface area contributed by atoms with E-state index < -0.39 is 0 Å². The van der Waals surface area contributed by atoms with Crippen LogP contribution >= 0.6 is 0 Å². The van der Waals surface area contributed by atoms with Crippen LogP contribution in [0.5, 0.6) is 0 Å². The third kappa shape index (κ3) is 4.08. The largest absolute Gasteiger partial charge is 0.376 e. The molecule has 2 aromatic carbocycles. The Bertz CT molecular complexity index is 656. The number of carbonyl (C=O) groups is 1. The first kappa shape index (κ1) is 14.6. The van der Waals surface area contributed by atoms with Crippen molar-refractivity contribution in [1.82, 2.24) is 0 Å². The summed E-state index contributed by atoms with van der Waals surface area (Å²) in [4.78, 5) is 11.9. The highest BCUT2D eigenvalue weighted by molar-refractivity contribution is 5.93. The van der Waals surface area contributed by atoms with Crippen molar-refractivity contribution in [2.24, 2.45) is 0 Å². The van der Waals surface area contributed by atoms with Crippen LogP contribution in [-0.4, -0.2) is 12.5 Å². The molecule has 2 rings (SSSR count). The van der Waals surface area contributed by atoms with E-state index in [2.05, 4.69) is 17.6 Å². The van der Waals surface area contributed by atoms with Gasteiger partial charge in [-0.05, 0) is 42.3 Å². The zero-order chi connectivity index (χ0) is 15.1. The van der Waals surface area contributed by atoms with Crippen LogP contribution in [-0.2, 0) is 11.2 Å². The number of para-hydroxylation sites is 1. The van der Waals surface area contributed by atoms with Gasteiger partial charge in [-0.25, -0.2) is 0 Å². The molecule has 106 valence electrons. The van der Waals surface area contributed by atoms with Crippen molar-refractivity contribution in [3.8, 4) is 6.07 Å². The second kappa shape index (κ2) is 7.11. The van der Waals surface area contributed by atoms with E-state index in [1.807, 2.05) is 30.3 Å². The number of nitriles is 1. The Morgan fingerprint density at radius 2 is 1.86 bits per heavy atom. The number of hydrogen-bond acceptors (Lipinski definition) is 3. The molecule has 0 bridgehead atoms. The van der Waals surface area contributed by atoms with Gasteiger partial charge in [0.15, 0.2) is 0 Å². The molecule has 21 heavy (non-hydrogen) atoms. The Morgan fingerprint density at radius 3 is 2.52 bits per heavy atom. The number of benzene rings is 2. The van der Waals surface area contributed by atoms with E-state index in [9.17, 15) is 4.79 Å². The summed E-state index contributed by atoms with van der Waals surface area (Å²) in [5.74, 6) is -0.120. The van der Waals surface area contributed by atoms with Gasteiger partial charge < -0.3 is 10.6 Å². The summed E-state index contributed by atoms with van der Waals surface area (Å²) in [7, 11) is 0. The maximum Gasteiger partial charge on any atom is 0.243 e. The van der Waals surface area contributed by atoms with Crippen LogP contribution in [0.2, 0.25) is 0 Å². The van der Waals surface area contributed by atoms with Gasteiger partial charge in [0.05, 0.1) is 18.2 Å². The molecule has 0 aromatic heterocycles. The van der Waals surface area contributed by atoms with Gasteiger partial charge in [0, 0.05) is 11.4 Å². The molecule has 1 amide bonds. The van der Waals surface area contributed by atoms with Crippen LogP contribution in [0.4, 0.5) is 11.4 Å².